The molecule has 0 atom stereocenters. The van der Waals surface area contributed by atoms with Crippen molar-refractivity contribution in [3.8, 4) is 34.6 Å². The van der Waals surface area contributed by atoms with Crippen LogP contribution in [0.5, 0.6) is 23.3 Å². The van der Waals surface area contributed by atoms with Crippen LogP contribution in [0, 0.1) is 0 Å². The zero-order valence-corrected chi connectivity index (χ0v) is 12.5. The first kappa shape index (κ1) is 13.6. The van der Waals surface area contributed by atoms with Gasteiger partial charge in [-0.15, -0.1) is 0 Å². The first-order valence-corrected chi connectivity index (χ1v) is 7.25. The highest BCUT2D eigenvalue weighted by Crippen LogP contribution is 2.40. The fourth-order valence-electron chi connectivity index (χ4n) is 2.68. The molecule has 0 radical (unpaired) electrons. The maximum absolute atomic E-state index is 10.0. The van der Waals surface area contributed by atoms with E-state index in [0.717, 1.165) is 16.9 Å². The van der Waals surface area contributed by atoms with Gasteiger partial charge in [-0.1, -0.05) is 30.3 Å². The van der Waals surface area contributed by atoms with E-state index in [-0.39, 0.29) is 5.75 Å². The highest BCUT2D eigenvalue weighted by molar-refractivity contribution is 5.65. The molecule has 1 aliphatic heterocycles. The first-order chi connectivity index (χ1) is 11.3. The number of ether oxygens (including phenoxy) is 2. The molecule has 5 nitrogen and oxygen atoms in total. The van der Waals surface area contributed by atoms with Crippen molar-refractivity contribution in [3.63, 3.8) is 0 Å². The van der Waals surface area contributed by atoms with E-state index >= 15 is 0 Å². The average molecular weight is 306 g/mol. The van der Waals surface area contributed by atoms with Gasteiger partial charge in [0.25, 0.3) is 0 Å². The molecule has 0 saturated carbocycles. The Hall–Kier alpha value is -3.08. The van der Waals surface area contributed by atoms with Crippen molar-refractivity contribution in [3.05, 3.63) is 59.7 Å². The molecule has 0 fully saturated rings. The van der Waals surface area contributed by atoms with Gasteiger partial charge in [0.05, 0.1) is 18.2 Å². The van der Waals surface area contributed by atoms with E-state index in [1.807, 2.05) is 30.3 Å². The Morgan fingerprint density at radius 3 is 2.65 bits per heavy atom. The normalized spacial score (nSPS) is 12.0. The number of nitrogens with zero attached hydrogens (tertiary/aromatic N) is 2. The first-order valence-electron chi connectivity index (χ1n) is 7.25. The molecule has 114 valence electrons. The van der Waals surface area contributed by atoms with Gasteiger partial charge in [-0.25, -0.2) is 0 Å². The molecule has 3 aromatic rings. The Balaban J connectivity index is 1.87. The third-order valence-corrected chi connectivity index (χ3v) is 3.82. The maximum Gasteiger partial charge on any atom is 0.230 e. The monoisotopic (exact) mass is 306 g/mol. The molecule has 1 aromatic heterocycles. The SMILES string of the molecule is COc1nc(-c2ccccc2O)nc2c1Cc1ccccc1O2. The molecule has 2 aromatic carbocycles. The van der Waals surface area contributed by atoms with E-state index in [9.17, 15) is 5.11 Å². The number of para-hydroxylation sites is 2. The summed E-state index contributed by atoms with van der Waals surface area (Å²) in [7, 11) is 1.57. The lowest BCUT2D eigenvalue weighted by molar-refractivity contribution is 0.375. The maximum atomic E-state index is 10.0. The van der Waals surface area contributed by atoms with Gasteiger partial charge in [-0.2, -0.15) is 9.97 Å². The lowest BCUT2D eigenvalue weighted by atomic mass is 10.0. The summed E-state index contributed by atoms with van der Waals surface area (Å²) in [5.74, 6) is 2.20. The van der Waals surface area contributed by atoms with Crippen LogP contribution >= 0.6 is 0 Å². The van der Waals surface area contributed by atoms with Crippen molar-refractivity contribution in [2.75, 3.05) is 7.11 Å². The number of phenolic OH excluding ortho intramolecular Hbond substituents is 1. The molecule has 2 heterocycles. The number of fused-ring (bicyclic) bond motifs is 2. The lowest BCUT2D eigenvalue weighted by Gasteiger charge is -2.21. The Kier molecular flexibility index (Phi) is 3.12. The summed E-state index contributed by atoms with van der Waals surface area (Å²) in [5, 5.41) is 10.0. The highest BCUT2D eigenvalue weighted by Gasteiger charge is 2.24. The summed E-state index contributed by atoms with van der Waals surface area (Å²) in [6.07, 6.45) is 0.649. The van der Waals surface area contributed by atoms with Gasteiger partial charge in [-0.3, -0.25) is 0 Å². The molecular weight excluding hydrogens is 292 g/mol. The van der Waals surface area contributed by atoms with Crippen molar-refractivity contribution in [1.29, 1.82) is 0 Å². The van der Waals surface area contributed by atoms with Crippen LogP contribution in [0.2, 0.25) is 0 Å². The number of benzene rings is 2. The van der Waals surface area contributed by atoms with Crippen LogP contribution in [0.15, 0.2) is 48.5 Å². The number of rotatable bonds is 2. The minimum absolute atomic E-state index is 0.116. The number of aromatic nitrogens is 2. The lowest BCUT2D eigenvalue weighted by Crippen LogP contribution is -2.09. The molecule has 0 spiro atoms. The van der Waals surface area contributed by atoms with Gasteiger partial charge in [0, 0.05) is 6.42 Å². The second kappa shape index (κ2) is 5.28. The Morgan fingerprint density at radius 1 is 1.04 bits per heavy atom. The van der Waals surface area contributed by atoms with Crippen LogP contribution in [-0.4, -0.2) is 22.2 Å². The Morgan fingerprint density at radius 2 is 1.83 bits per heavy atom. The van der Waals surface area contributed by atoms with Gasteiger partial charge in [-0.05, 0) is 23.8 Å². The van der Waals surface area contributed by atoms with Crippen LogP contribution in [0.25, 0.3) is 11.4 Å². The van der Waals surface area contributed by atoms with Gasteiger partial charge in [0.15, 0.2) is 5.82 Å². The van der Waals surface area contributed by atoms with E-state index in [1.165, 1.54) is 0 Å². The van der Waals surface area contributed by atoms with Crippen molar-refractivity contribution in [1.82, 2.24) is 9.97 Å². The topological polar surface area (TPSA) is 64.5 Å². The fraction of sp³-hybridized carbons (Fsp3) is 0.111. The minimum Gasteiger partial charge on any atom is -0.507 e. The number of hydrogen-bond donors (Lipinski definition) is 1. The number of phenols is 1. The second-order valence-electron chi connectivity index (χ2n) is 5.24. The Labute approximate surface area is 133 Å². The molecular formula is C18H14N2O3. The number of aromatic hydroxyl groups is 1. The van der Waals surface area contributed by atoms with Crippen molar-refractivity contribution in [2.45, 2.75) is 6.42 Å². The summed E-state index contributed by atoms with van der Waals surface area (Å²) in [6, 6.07) is 14.7. The van der Waals surface area contributed by atoms with Crippen LogP contribution in [0.4, 0.5) is 0 Å². The molecule has 4 rings (SSSR count). The summed E-state index contributed by atoms with van der Waals surface area (Å²) in [6.45, 7) is 0. The third kappa shape index (κ3) is 2.26. The van der Waals surface area contributed by atoms with Crippen LogP contribution in [-0.2, 0) is 6.42 Å². The number of hydrogen-bond acceptors (Lipinski definition) is 5. The summed E-state index contributed by atoms with van der Waals surface area (Å²) < 4.78 is 11.3. The summed E-state index contributed by atoms with van der Waals surface area (Å²) in [4.78, 5) is 8.91. The molecule has 0 unspecified atom stereocenters. The van der Waals surface area contributed by atoms with Crippen LogP contribution < -0.4 is 9.47 Å². The second-order valence-corrected chi connectivity index (χ2v) is 5.24. The van der Waals surface area contributed by atoms with E-state index in [0.29, 0.717) is 29.6 Å². The molecule has 1 aliphatic rings. The standard InChI is InChI=1S/C18H14N2O3/c1-22-17-13-10-11-6-2-5-9-15(11)23-18(13)20-16(19-17)12-7-3-4-8-14(12)21/h2-9,21H,10H2,1H3. The molecule has 0 bridgehead atoms. The highest BCUT2D eigenvalue weighted by atomic mass is 16.5. The van der Waals surface area contributed by atoms with E-state index < -0.39 is 0 Å². The van der Waals surface area contributed by atoms with Gasteiger partial charge in [0.1, 0.15) is 11.5 Å². The van der Waals surface area contributed by atoms with Gasteiger partial charge < -0.3 is 14.6 Å². The molecule has 0 aliphatic carbocycles. The molecule has 0 saturated heterocycles. The molecule has 23 heavy (non-hydrogen) atoms. The van der Waals surface area contributed by atoms with Crippen molar-refractivity contribution in [2.24, 2.45) is 0 Å². The van der Waals surface area contributed by atoms with Gasteiger partial charge >= 0.3 is 0 Å². The molecule has 0 amide bonds. The molecule has 1 N–H and O–H groups in total. The number of methoxy groups -OCH3 is 1. The molecule has 5 heteroatoms. The van der Waals surface area contributed by atoms with E-state index in [2.05, 4.69) is 9.97 Å². The third-order valence-electron chi connectivity index (χ3n) is 3.82. The van der Waals surface area contributed by atoms with Crippen molar-refractivity contribution < 1.29 is 14.6 Å². The zero-order valence-electron chi connectivity index (χ0n) is 12.5. The predicted octanol–water partition coefficient (Wildman–Crippen LogP) is 3.55. The smallest absolute Gasteiger partial charge is 0.230 e. The summed E-state index contributed by atoms with van der Waals surface area (Å²) >= 11 is 0. The Bertz CT molecular complexity index is 893. The van der Waals surface area contributed by atoms with Crippen molar-refractivity contribution >= 4 is 0 Å². The zero-order chi connectivity index (χ0) is 15.8. The summed E-state index contributed by atoms with van der Waals surface area (Å²) in [5.41, 5.74) is 2.42. The van der Waals surface area contributed by atoms with Gasteiger partial charge in [0.2, 0.25) is 11.8 Å². The largest absolute Gasteiger partial charge is 0.507 e. The van der Waals surface area contributed by atoms with E-state index in [1.54, 1.807) is 25.3 Å². The van der Waals surface area contributed by atoms with Crippen LogP contribution in [0.3, 0.4) is 0 Å². The average Bonchev–Trinajstić information content (AvgIpc) is 2.59. The van der Waals surface area contributed by atoms with Crippen LogP contribution in [0.1, 0.15) is 11.1 Å². The predicted molar refractivity (Wildman–Crippen MR) is 85.0 cm³/mol. The fourth-order valence-corrected chi connectivity index (χ4v) is 2.68. The van der Waals surface area contributed by atoms with E-state index in [4.69, 9.17) is 9.47 Å². The minimum atomic E-state index is 0.116. The quantitative estimate of drug-likeness (QED) is 0.613.